The molecule has 1 N–H and O–H groups in total. The Kier molecular flexibility index (Phi) is 4.25. The third-order valence-corrected chi connectivity index (χ3v) is 7.69. The lowest BCUT2D eigenvalue weighted by Crippen LogP contribution is -2.50. The van der Waals surface area contributed by atoms with Crippen LogP contribution in [0.3, 0.4) is 0 Å². The Hall–Kier alpha value is -0.980. The molecule has 146 valence electrons. The molecule has 0 aromatic rings. The number of aliphatic hydroxyl groups is 1. The maximum atomic E-state index is 12.4. The highest BCUT2D eigenvalue weighted by Crippen LogP contribution is 2.62. The van der Waals surface area contributed by atoms with Crippen LogP contribution < -0.4 is 0 Å². The molecule has 26 heavy (non-hydrogen) atoms. The van der Waals surface area contributed by atoms with E-state index in [9.17, 15) is 14.7 Å². The fourth-order valence-corrected chi connectivity index (χ4v) is 6.58. The first-order chi connectivity index (χ1) is 12.2. The first-order valence-electron chi connectivity index (χ1n) is 9.93. The van der Waals surface area contributed by atoms with Gasteiger partial charge in [-0.2, -0.15) is 0 Å². The lowest BCUT2D eigenvalue weighted by molar-refractivity contribution is -0.399. The van der Waals surface area contributed by atoms with Crippen molar-refractivity contribution in [2.45, 2.75) is 89.6 Å². The van der Waals surface area contributed by atoms with E-state index in [2.05, 4.69) is 6.92 Å². The molecule has 0 amide bonds. The summed E-state index contributed by atoms with van der Waals surface area (Å²) in [6.07, 6.45) is 5.35. The van der Waals surface area contributed by atoms with Gasteiger partial charge in [0.1, 0.15) is 17.5 Å². The molecule has 0 aromatic heterocycles. The largest absolute Gasteiger partial charge is 0.462 e. The van der Waals surface area contributed by atoms with Gasteiger partial charge < -0.3 is 9.84 Å². The van der Waals surface area contributed by atoms with Gasteiger partial charge in [0, 0.05) is 25.2 Å². The zero-order chi connectivity index (χ0) is 18.7. The smallest absolute Gasteiger partial charge is 0.302 e. The topological polar surface area (TPSA) is 82.1 Å². The summed E-state index contributed by atoms with van der Waals surface area (Å²) in [5, 5.41) is 10.6. The van der Waals surface area contributed by atoms with Crippen LogP contribution in [-0.4, -0.2) is 34.4 Å². The Morgan fingerprint density at radius 2 is 1.92 bits per heavy atom. The lowest BCUT2D eigenvalue weighted by atomic mass is 9.55. The highest BCUT2D eigenvalue weighted by molar-refractivity contribution is 5.79. The number of ether oxygens (including phenoxy) is 1. The summed E-state index contributed by atoms with van der Waals surface area (Å²) in [4.78, 5) is 34.9. The number of carbonyl (C=O) groups is 2. The Bertz CT molecular complexity index is 619. The highest BCUT2D eigenvalue weighted by atomic mass is 17.2. The molecule has 3 saturated carbocycles. The molecule has 6 heteroatoms. The van der Waals surface area contributed by atoms with Crippen molar-refractivity contribution >= 4 is 11.8 Å². The van der Waals surface area contributed by atoms with Gasteiger partial charge in [-0.05, 0) is 56.8 Å². The standard InChI is InChI=1S/C20H30O6/c1-12(21)24-17-7-6-15-14-5-4-13(22)10-20(23)11-19(3,25-26-20)16(14)8-9-18(15,17)2/h14-17,23H,4-11H2,1-3H3/t14-,15-,16-,17-,18-,19-,20-/m0/s1. The van der Waals surface area contributed by atoms with Crippen molar-refractivity contribution in [2.24, 2.45) is 23.2 Å². The maximum Gasteiger partial charge on any atom is 0.302 e. The molecule has 3 aliphatic carbocycles. The monoisotopic (exact) mass is 366 g/mol. The van der Waals surface area contributed by atoms with Crippen LogP contribution in [0, 0.1) is 23.2 Å². The summed E-state index contributed by atoms with van der Waals surface area (Å²) < 4.78 is 5.67. The van der Waals surface area contributed by atoms with E-state index < -0.39 is 11.4 Å². The summed E-state index contributed by atoms with van der Waals surface area (Å²) in [5.41, 5.74) is -0.624. The summed E-state index contributed by atoms with van der Waals surface area (Å²) in [5.74, 6) is -0.734. The molecule has 6 nitrogen and oxygen atoms in total. The molecule has 1 saturated heterocycles. The van der Waals surface area contributed by atoms with Gasteiger partial charge in [-0.1, -0.05) is 6.92 Å². The summed E-state index contributed by atoms with van der Waals surface area (Å²) in [6, 6.07) is 0. The van der Waals surface area contributed by atoms with Crippen LogP contribution in [-0.2, 0) is 24.1 Å². The van der Waals surface area contributed by atoms with Gasteiger partial charge in [-0.25, -0.2) is 9.78 Å². The molecule has 0 radical (unpaired) electrons. The Morgan fingerprint density at radius 3 is 2.65 bits per heavy atom. The second-order valence-corrected chi connectivity index (χ2v) is 9.45. The summed E-state index contributed by atoms with van der Waals surface area (Å²) in [6.45, 7) is 5.74. The number of ketones is 1. The molecule has 4 fully saturated rings. The van der Waals surface area contributed by atoms with Gasteiger partial charge in [-0.3, -0.25) is 9.59 Å². The normalized spacial score (nSPS) is 51.0. The molecular formula is C20H30O6. The molecule has 4 rings (SSSR count). The Balaban J connectivity index is 1.65. The minimum absolute atomic E-state index is 0.0000369. The molecule has 0 aromatic carbocycles. The van der Waals surface area contributed by atoms with Crippen LogP contribution in [0.25, 0.3) is 0 Å². The maximum absolute atomic E-state index is 12.4. The van der Waals surface area contributed by atoms with Crippen molar-refractivity contribution in [2.75, 3.05) is 0 Å². The van der Waals surface area contributed by atoms with E-state index in [1.54, 1.807) is 0 Å². The van der Waals surface area contributed by atoms with E-state index in [4.69, 9.17) is 14.5 Å². The third-order valence-electron chi connectivity index (χ3n) is 7.69. The summed E-state index contributed by atoms with van der Waals surface area (Å²) in [7, 11) is 0. The number of fused-ring (bicyclic) bond motifs is 6. The quantitative estimate of drug-likeness (QED) is 0.568. The predicted molar refractivity (Wildman–Crippen MR) is 91.6 cm³/mol. The van der Waals surface area contributed by atoms with E-state index in [-0.39, 0.29) is 35.6 Å². The van der Waals surface area contributed by atoms with Crippen molar-refractivity contribution < 1.29 is 29.2 Å². The first kappa shape index (κ1) is 18.4. The molecule has 0 unspecified atom stereocenters. The van der Waals surface area contributed by atoms with Crippen molar-refractivity contribution in [3.63, 3.8) is 0 Å². The van der Waals surface area contributed by atoms with Crippen LogP contribution >= 0.6 is 0 Å². The molecule has 7 atom stereocenters. The average molecular weight is 366 g/mol. The predicted octanol–water partition coefficient (Wildman–Crippen LogP) is 2.91. The van der Waals surface area contributed by atoms with Crippen LogP contribution in [0.15, 0.2) is 0 Å². The van der Waals surface area contributed by atoms with Crippen LogP contribution in [0.4, 0.5) is 0 Å². The number of hydrogen-bond acceptors (Lipinski definition) is 6. The van der Waals surface area contributed by atoms with Crippen LogP contribution in [0.5, 0.6) is 0 Å². The third kappa shape index (κ3) is 2.81. The number of Topliss-reactive ketones (excluding diaryl/α,β-unsaturated/α-hetero) is 1. The highest BCUT2D eigenvalue weighted by Gasteiger charge is 2.62. The van der Waals surface area contributed by atoms with E-state index >= 15 is 0 Å². The van der Waals surface area contributed by atoms with Gasteiger partial charge in [-0.15, -0.1) is 0 Å². The Labute approximate surface area is 154 Å². The van der Waals surface area contributed by atoms with Crippen molar-refractivity contribution in [3.05, 3.63) is 0 Å². The van der Waals surface area contributed by atoms with Gasteiger partial charge in [0.05, 0.1) is 6.42 Å². The van der Waals surface area contributed by atoms with Gasteiger partial charge in [0.15, 0.2) is 0 Å². The van der Waals surface area contributed by atoms with E-state index in [1.165, 1.54) is 6.92 Å². The second-order valence-electron chi connectivity index (χ2n) is 9.45. The van der Waals surface area contributed by atoms with E-state index in [0.717, 1.165) is 32.1 Å². The first-order valence-corrected chi connectivity index (χ1v) is 9.93. The lowest BCUT2D eigenvalue weighted by Gasteiger charge is -2.51. The van der Waals surface area contributed by atoms with Crippen molar-refractivity contribution in [1.82, 2.24) is 0 Å². The van der Waals surface area contributed by atoms with Crippen LogP contribution in [0.2, 0.25) is 0 Å². The molecule has 1 heterocycles. The van der Waals surface area contributed by atoms with Crippen molar-refractivity contribution in [3.8, 4) is 0 Å². The number of rotatable bonds is 1. The molecule has 2 bridgehead atoms. The van der Waals surface area contributed by atoms with Gasteiger partial charge in [0.25, 0.3) is 0 Å². The minimum Gasteiger partial charge on any atom is -0.462 e. The molecule has 0 spiro atoms. The molecular weight excluding hydrogens is 336 g/mol. The second kappa shape index (κ2) is 6.01. The zero-order valence-electron chi connectivity index (χ0n) is 16.0. The molecule has 1 aliphatic heterocycles. The van der Waals surface area contributed by atoms with Crippen LogP contribution in [0.1, 0.15) is 72.1 Å². The number of esters is 1. The van der Waals surface area contributed by atoms with E-state index in [0.29, 0.717) is 24.7 Å². The number of hydrogen-bond donors (Lipinski definition) is 1. The van der Waals surface area contributed by atoms with Crippen molar-refractivity contribution in [1.29, 1.82) is 0 Å². The minimum atomic E-state index is -1.49. The Morgan fingerprint density at radius 1 is 1.15 bits per heavy atom. The zero-order valence-corrected chi connectivity index (χ0v) is 16.0. The summed E-state index contributed by atoms with van der Waals surface area (Å²) >= 11 is 0. The SMILES string of the molecule is CC(=O)O[C@H]1CC[C@H]2[C@@H]3CCC(=O)C[C@@]4(O)C[C@](C)(OO4)[C@H]3CC[C@]12C. The van der Waals surface area contributed by atoms with Gasteiger partial charge in [0.2, 0.25) is 5.79 Å². The fraction of sp³-hybridized carbons (Fsp3) is 0.900. The van der Waals surface area contributed by atoms with Gasteiger partial charge >= 0.3 is 5.97 Å². The average Bonchev–Trinajstić information content (AvgIpc) is 3.03. The molecule has 4 aliphatic rings. The fourth-order valence-electron chi connectivity index (χ4n) is 6.58. The number of carbonyl (C=O) groups excluding carboxylic acids is 2. The van der Waals surface area contributed by atoms with E-state index in [1.807, 2.05) is 6.92 Å².